The van der Waals surface area contributed by atoms with Gasteiger partial charge in [0, 0.05) is 12.1 Å². The van der Waals surface area contributed by atoms with E-state index in [2.05, 4.69) is 36.5 Å². The minimum absolute atomic E-state index is 0.156. The summed E-state index contributed by atoms with van der Waals surface area (Å²) in [5.74, 6) is 0. The minimum atomic E-state index is -0.156. The van der Waals surface area contributed by atoms with Crippen LogP contribution in [-0.2, 0) is 0 Å². The number of aliphatic hydroxyl groups excluding tert-OH is 1. The average molecular weight is 205 g/mol. The van der Waals surface area contributed by atoms with Crippen LogP contribution >= 0.6 is 0 Å². The molecule has 1 saturated carbocycles. The highest BCUT2D eigenvalue weighted by Gasteiger charge is 2.26. The second-order valence-corrected chi connectivity index (χ2v) is 4.40. The van der Waals surface area contributed by atoms with E-state index in [1.54, 1.807) is 0 Å². The summed E-state index contributed by atoms with van der Waals surface area (Å²) in [6, 6.07) is 11.0. The fourth-order valence-electron chi connectivity index (χ4n) is 2.29. The number of benzene rings is 1. The molecule has 0 radical (unpaired) electrons. The van der Waals surface area contributed by atoms with Crippen molar-refractivity contribution in [2.24, 2.45) is 0 Å². The standard InChI is InChI=1S/C13H19NO/c1-10(11-6-3-2-4-7-11)14-12-8-5-9-13(12)15/h2-4,6-7,10,12-15H,5,8-9H2,1H3/t10?,12-,13-/m1/s1. The van der Waals surface area contributed by atoms with Gasteiger partial charge in [-0.05, 0) is 31.7 Å². The van der Waals surface area contributed by atoms with Crippen molar-refractivity contribution in [2.45, 2.75) is 44.4 Å². The van der Waals surface area contributed by atoms with Crippen molar-refractivity contribution in [2.75, 3.05) is 0 Å². The first-order valence-electron chi connectivity index (χ1n) is 5.76. The minimum Gasteiger partial charge on any atom is -0.392 e. The van der Waals surface area contributed by atoms with Gasteiger partial charge in [0.25, 0.3) is 0 Å². The van der Waals surface area contributed by atoms with E-state index in [0.29, 0.717) is 6.04 Å². The van der Waals surface area contributed by atoms with E-state index < -0.39 is 0 Å². The van der Waals surface area contributed by atoms with Crippen molar-refractivity contribution in [1.29, 1.82) is 0 Å². The summed E-state index contributed by atoms with van der Waals surface area (Å²) >= 11 is 0. The van der Waals surface area contributed by atoms with Gasteiger partial charge in [-0.25, -0.2) is 0 Å². The molecule has 0 bridgehead atoms. The molecular formula is C13H19NO. The summed E-state index contributed by atoms with van der Waals surface area (Å²) in [5.41, 5.74) is 1.29. The van der Waals surface area contributed by atoms with Crippen molar-refractivity contribution >= 4 is 0 Å². The molecule has 0 spiro atoms. The van der Waals surface area contributed by atoms with Gasteiger partial charge in [-0.15, -0.1) is 0 Å². The first kappa shape index (κ1) is 10.7. The Morgan fingerprint density at radius 3 is 2.60 bits per heavy atom. The molecule has 3 atom stereocenters. The van der Waals surface area contributed by atoms with Gasteiger partial charge in [-0.2, -0.15) is 0 Å². The van der Waals surface area contributed by atoms with Crippen LogP contribution < -0.4 is 5.32 Å². The van der Waals surface area contributed by atoms with Crippen molar-refractivity contribution in [3.05, 3.63) is 35.9 Å². The Morgan fingerprint density at radius 1 is 1.27 bits per heavy atom. The predicted octanol–water partition coefficient (Wildman–Crippen LogP) is 2.25. The van der Waals surface area contributed by atoms with Gasteiger partial charge in [-0.1, -0.05) is 30.3 Å². The average Bonchev–Trinajstić information content (AvgIpc) is 2.66. The van der Waals surface area contributed by atoms with Crippen LogP contribution in [0.5, 0.6) is 0 Å². The number of hydrogen-bond acceptors (Lipinski definition) is 2. The summed E-state index contributed by atoms with van der Waals surface area (Å²) in [4.78, 5) is 0. The lowest BCUT2D eigenvalue weighted by Gasteiger charge is -2.22. The molecule has 82 valence electrons. The van der Waals surface area contributed by atoms with E-state index in [0.717, 1.165) is 19.3 Å². The highest BCUT2D eigenvalue weighted by molar-refractivity contribution is 5.18. The van der Waals surface area contributed by atoms with Crippen LogP contribution in [0.2, 0.25) is 0 Å². The SMILES string of the molecule is CC(N[C@@H]1CCC[C@H]1O)c1ccccc1. The quantitative estimate of drug-likeness (QED) is 0.793. The highest BCUT2D eigenvalue weighted by atomic mass is 16.3. The molecule has 0 saturated heterocycles. The summed E-state index contributed by atoms with van der Waals surface area (Å²) in [6.07, 6.45) is 3.02. The number of nitrogens with one attached hydrogen (secondary N) is 1. The zero-order chi connectivity index (χ0) is 10.7. The van der Waals surface area contributed by atoms with Crippen LogP contribution in [0.25, 0.3) is 0 Å². The van der Waals surface area contributed by atoms with Crippen molar-refractivity contribution < 1.29 is 5.11 Å². The van der Waals surface area contributed by atoms with E-state index in [-0.39, 0.29) is 12.1 Å². The van der Waals surface area contributed by atoms with E-state index >= 15 is 0 Å². The summed E-state index contributed by atoms with van der Waals surface area (Å²) in [6.45, 7) is 2.15. The highest BCUT2D eigenvalue weighted by Crippen LogP contribution is 2.22. The monoisotopic (exact) mass is 205 g/mol. The summed E-state index contributed by atoms with van der Waals surface area (Å²) < 4.78 is 0. The second-order valence-electron chi connectivity index (χ2n) is 4.40. The van der Waals surface area contributed by atoms with E-state index in [4.69, 9.17) is 0 Å². The van der Waals surface area contributed by atoms with Gasteiger partial charge in [0.05, 0.1) is 6.10 Å². The first-order chi connectivity index (χ1) is 7.27. The van der Waals surface area contributed by atoms with Gasteiger partial charge in [0.1, 0.15) is 0 Å². The van der Waals surface area contributed by atoms with Gasteiger partial charge < -0.3 is 10.4 Å². The van der Waals surface area contributed by atoms with Gasteiger partial charge in [-0.3, -0.25) is 0 Å². The molecule has 1 aliphatic rings. The molecule has 1 aromatic carbocycles. The third-order valence-electron chi connectivity index (χ3n) is 3.24. The number of rotatable bonds is 3. The Balaban J connectivity index is 1.95. The maximum Gasteiger partial charge on any atom is 0.0693 e. The molecule has 0 aliphatic heterocycles. The van der Waals surface area contributed by atoms with Gasteiger partial charge >= 0.3 is 0 Å². The third kappa shape index (κ3) is 2.58. The normalized spacial score (nSPS) is 27.9. The van der Waals surface area contributed by atoms with Crippen molar-refractivity contribution in [3.63, 3.8) is 0 Å². The van der Waals surface area contributed by atoms with E-state index in [9.17, 15) is 5.11 Å². The lowest BCUT2D eigenvalue weighted by molar-refractivity contribution is 0.144. The molecule has 1 aliphatic carbocycles. The van der Waals surface area contributed by atoms with Crippen LogP contribution in [-0.4, -0.2) is 17.3 Å². The smallest absolute Gasteiger partial charge is 0.0693 e. The largest absolute Gasteiger partial charge is 0.392 e. The molecule has 1 fully saturated rings. The van der Waals surface area contributed by atoms with Crippen LogP contribution in [0, 0.1) is 0 Å². The molecule has 0 amide bonds. The molecule has 0 heterocycles. The lowest BCUT2D eigenvalue weighted by Crippen LogP contribution is -2.37. The third-order valence-corrected chi connectivity index (χ3v) is 3.24. The van der Waals surface area contributed by atoms with Crippen LogP contribution in [0.15, 0.2) is 30.3 Å². The molecule has 1 unspecified atom stereocenters. The molecular weight excluding hydrogens is 186 g/mol. The Hall–Kier alpha value is -0.860. The van der Waals surface area contributed by atoms with E-state index in [1.165, 1.54) is 5.56 Å². The maximum atomic E-state index is 9.72. The number of aliphatic hydroxyl groups is 1. The van der Waals surface area contributed by atoms with Crippen molar-refractivity contribution in [1.82, 2.24) is 5.32 Å². The Bertz CT molecular complexity index is 299. The van der Waals surface area contributed by atoms with Gasteiger partial charge in [0.2, 0.25) is 0 Å². The molecule has 2 N–H and O–H groups in total. The van der Waals surface area contributed by atoms with Crippen LogP contribution in [0.4, 0.5) is 0 Å². The van der Waals surface area contributed by atoms with E-state index in [1.807, 2.05) is 6.07 Å². The molecule has 0 aromatic heterocycles. The summed E-state index contributed by atoms with van der Waals surface area (Å²) in [7, 11) is 0. The zero-order valence-electron chi connectivity index (χ0n) is 9.19. The molecule has 15 heavy (non-hydrogen) atoms. The zero-order valence-corrected chi connectivity index (χ0v) is 9.19. The Labute approximate surface area is 91.3 Å². The van der Waals surface area contributed by atoms with Crippen LogP contribution in [0.3, 0.4) is 0 Å². The Kier molecular flexibility index (Phi) is 3.39. The summed E-state index contributed by atoms with van der Waals surface area (Å²) in [5, 5.41) is 13.2. The number of hydrogen-bond donors (Lipinski definition) is 2. The van der Waals surface area contributed by atoms with Gasteiger partial charge in [0.15, 0.2) is 0 Å². The first-order valence-corrected chi connectivity index (χ1v) is 5.76. The fraction of sp³-hybridized carbons (Fsp3) is 0.538. The molecule has 2 rings (SSSR count). The van der Waals surface area contributed by atoms with Crippen LogP contribution in [0.1, 0.15) is 37.8 Å². The predicted molar refractivity (Wildman–Crippen MR) is 61.6 cm³/mol. The van der Waals surface area contributed by atoms with Crippen molar-refractivity contribution in [3.8, 4) is 0 Å². The maximum absolute atomic E-state index is 9.72. The fourth-order valence-corrected chi connectivity index (χ4v) is 2.29. The lowest BCUT2D eigenvalue weighted by atomic mass is 10.1. The molecule has 1 aromatic rings. The molecule has 2 heteroatoms. The Morgan fingerprint density at radius 2 is 2.00 bits per heavy atom. The topological polar surface area (TPSA) is 32.3 Å². The second kappa shape index (κ2) is 4.77. The molecule has 2 nitrogen and oxygen atoms in total.